The van der Waals surface area contributed by atoms with Crippen LogP contribution in [-0.2, 0) is 0 Å². The van der Waals surface area contributed by atoms with Gasteiger partial charge < -0.3 is 4.40 Å². The molecule has 1 heteroatoms. The van der Waals surface area contributed by atoms with E-state index in [-0.39, 0.29) is 0 Å². The fourth-order valence-corrected chi connectivity index (χ4v) is 3.57. The number of rotatable bonds is 2. The van der Waals surface area contributed by atoms with Gasteiger partial charge in [0.25, 0.3) is 0 Å². The molecular formula is C19H19N. The summed E-state index contributed by atoms with van der Waals surface area (Å²) in [6, 6.07) is 19.7. The standard InChI is InChI=1S/C19H19N/c1-2-10-16(11-3-1)19-14-17(15-8-4-5-9-15)18-12-6-7-13-20(18)19/h1-3,6-7,10-15H,4-5,8-9H2. The lowest BCUT2D eigenvalue weighted by Gasteiger charge is -2.07. The Bertz CT molecular complexity index is 718. The predicted molar refractivity (Wildman–Crippen MR) is 84.0 cm³/mol. The van der Waals surface area contributed by atoms with E-state index in [1.807, 2.05) is 0 Å². The molecule has 2 aromatic heterocycles. The molecule has 1 nitrogen and oxygen atoms in total. The van der Waals surface area contributed by atoms with Crippen molar-refractivity contribution in [1.82, 2.24) is 4.40 Å². The molecule has 0 N–H and O–H groups in total. The van der Waals surface area contributed by atoms with Crippen LogP contribution < -0.4 is 0 Å². The lowest BCUT2D eigenvalue weighted by Crippen LogP contribution is -1.91. The Morgan fingerprint density at radius 1 is 0.850 bits per heavy atom. The van der Waals surface area contributed by atoms with Crippen molar-refractivity contribution < 1.29 is 0 Å². The molecule has 3 aromatic rings. The third-order valence-electron chi connectivity index (χ3n) is 4.57. The van der Waals surface area contributed by atoms with E-state index in [1.54, 1.807) is 5.56 Å². The summed E-state index contributed by atoms with van der Waals surface area (Å²) in [6.07, 6.45) is 7.66. The van der Waals surface area contributed by atoms with Gasteiger partial charge in [-0.2, -0.15) is 0 Å². The number of hydrogen-bond donors (Lipinski definition) is 0. The van der Waals surface area contributed by atoms with Gasteiger partial charge in [-0.1, -0.05) is 49.2 Å². The topological polar surface area (TPSA) is 4.41 Å². The van der Waals surface area contributed by atoms with Crippen molar-refractivity contribution in [3.05, 3.63) is 66.4 Å². The first-order valence-electron chi connectivity index (χ1n) is 7.59. The Hall–Kier alpha value is -2.02. The Balaban J connectivity index is 1.93. The van der Waals surface area contributed by atoms with Gasteiger partial charge in [0.15, 0.2) is 0 Å². The molecule has 0 unspecified atom stereocenters. The second-order valence-electron chi connectivity index (χ2n) is 5.79. The quantitative estimate of drug-likeness (QED) is 0.592. The van der Waals surface area contributed by atoms with E-state index in [4.69, 9.17) is 0 Å². The first kappa shape index (κ1) is 11.8. The molecule has 1 aromatic carbocycles. The van der Waals surface area contributed by atoms with Gasteiger partial charge in [-0.15, -0.1) is 0 Å². The van der Waals surface area contributed by atoms with E-state index in [0.29, 0.717) is 0 Å². The first-order chi connectivity index (χ1) is 9.93. The zero-order valence-corrected chi connectivity index (χ0v) is 11.6. The summed E-state index contributed by atoms with van der Waals surface area (Å²) in [4.78, 5) is 0. The molecule has 0 atom stereocenters. The van der Waals surface area contributed by atoms with Gasteiger partial charge in [0, 0.05) is 11.7 Å². The monoisotopic (exact) mass is 261 g/mol. The molecule has 2 heterocycles. The van der Waals surface area contributed by atoms with Gasteiger partial charge in [-0.25, -0.2) is 0 Å². The molecule has 0 spiro atoms. The van der Waals surface area contributed by atoms with Crippen LogP contribution in [-0.4, -0.2) is 4.40 Å². The third kappa shape index (κ3) is 1.85. The molecule has 0 saturated heterocycles. The molecule has 1 aliphatic rings. The molecule has 100 valence electrons. The fourth-order valence-electron chi connectivity index (χ4n) is 3.57. The molecule has 0 aliphatic heterocycles. The van der Waals surface area contributed by atoms with Crippen molar-refractivity contribution in [2.75, 3.05) is 0 Å². The summed E-state index contributed by atoms with van der Waals surface area (Å²) < 4.78 is 2.35. The van der Waals surface area contributed by atoms with Gasteiger partial charge in [-0.05, 0) is 48.1 Å². The van der Waals surface area contributed by atoms with Crippen LogP contribution in [0.2, 0.25) is 0 Å². The highest BCUT2D eigenvalue weighted by Gasteiger charge is 2.21. The molecule has 1 saturated carbocycles. The van der Waals surface area contributed by atoms with E-state index >= 15 is 0 Å². The highest BCUT2D eigenvalue weighted by atomic mass is 14.9. The van der Waals surface area contributed by atoms with Gasteiger partial charge in [0.1, 0.15) is 0 Å². The van der Waals surface area contributed by atoms with E-state index in [0.717, 1.165) is 5.92 Å². The summed E-state index contributed by atoms with van der Waals surface area (Å²) in [7, 11) is 0. The van der Waals surface area contributed by atoms with E-state index in [2.05, 4.69) is 65.2 Å². The number of aromatic nitrogens is 1. The number of fused-ring (bicyclic) bond motifs is 1. The van der Waals surface area contributed by atoms with E-state index in [1.165, 1.54) is 42.5 Å². The van der Waals surface area contributed by atoms with Gasteiger partial charge in [-0.3, -0.25) is 0 Å². The van der Waals surface area contributed by atoms with Crippen molar-refractivity contribution in [3.8, 4) is 11.3 Å². The lowest BCUT2D eigenvalue weighted by atomic mass is 9.98. The Morgan fingerprint density at radius 3 is 2.40 bits per heavy atom. The highest BCUT2D eigenvalue weighted by molar-refractivity contribution is 5.72. The highest BCUT2D eigenvalue weighted by Crippen LogP contribution is 2.39. The fraction of sp³-hybridized carbons (Fsp3) is 0.263. The average molecular weight is 261 g/mol. The second-order valence-corrected chi connectivity index (χ2v) is 5.79. The minimum absolute atomic E-state index is 0.755. The maximum absolute atomic E-state index is 2.42. The lowest BCUT2D eigenvalue weighted by molar-refractivity contribution is 0.730. The maximum atomic E-state index is 2.42. The van der Waals surface area contributed by atoms with Crippen LogP contribution >= 0.6 is 0 Å². The Labute approximate surface area is 119 Å². The number of pyridine rings is 1. The zero-order chi connectivity index (χ0) is 13.4. The average Bonchev–Trinajstić information content (AvgIpc) is 3.15. The van der Waals surface area contributed by atoms with Crippen LogP contribution in [0.4, 0.5) is 0 Å². The van der Waals surface area contributed by atoms with Crippen molar-refractivity contribution in [3.63, 3.8) is 0 Å². The van der Waals surface area contributed by atoms with Crippen LogP contribution in [0, 0.1) is 0 Å². The molecule has 20 heavy (non-hydrogen) atoms. The van der Waals surface area contributed by atoms with Crippen LogP contribution in [0.25, 0.3) is 16.8 Å². The summed E-state index contributed by atoms with van der Waals surface area (Å²) in [5.74, 6) is 0.755. The molecule has 1 aliphatic carbocycles. The Morgan fingerprint density at radius 2 is 1.60 bits per heavy atom. The van der Waals surface area contributed by atoms with Gasteiger partial charge in [0.05, 0.1) is 5.69 Å². The van der Waals surface area contributed by atoms with Crippen LogP contribution in [0.15, 0.2) is 60.8 Å². The summed E-state index contributed by atoms with van der Waals surface area (Å²) in [5, 5.41) is 0. The van der Waals surface area contributed by atoms with Crippen molar-refractivity contribution >= 4 is 5.52 Å². The maximum Gasteiger partial charge on any atom is 0.0531 e. The Kier molecular flexibility index (Phi) is 2.84. The summed E-state index contributed by atoms with van der Waals surface area (Å²) >= 11 is 0. The van der Waals surface area contributed by atoms with Crippen LogP contribution in [0.5, 0.6) is 0 Å². The second kappa shape index (κ2) is 4.82. The SMILES string of the molecule is c1ccc(-c2cc(C3CCCC3)c3ccccn23)cc1. The third-order valence-corrected chi connectivity index (χ3v) is 4.57. The summed E-state index contributed by atoms with van der Waals surface area (Å²) in [6.45, 7) is 0. The summed E-state index contributed by atoms with van der Waals surface area (Å²) in [5.41, 5.74) is 5.56. The first-order valence-corrected chi connectivity index (χ1v) is 7.59. The predicted octanol–water partition coefficient (Wildman–Crippen LogP) is 5.26. The minimum atomic E-state index is 0.755. The zero-order valence-electron chi connectivity index (χ0n) is 11.6. The minimum Gasteiger partial charge on any atom is -0.316 e. The number of hydrogen-bond acceptors (Lipinski definition) is 0. The van der Waals surface area contributed by atoms with E-state index < -0.39 is 0 Å². The molecule has 0 amide bonds. The van der Waals surface area contributed by atoms with Crippen molar-refractivity contribution in [2.45, 2.75) is 31.6 Å². The molecule has 0 radical (unpaired) electrons. The molecule has 0 bridgehead atoms. The molecular weight excluding hydrogens is 242 g/mol. The number of nitrogens with zero attached hydrogens (tertiary/aromatic N) is 1. The van der Waals surface area contributed by atoms with Crippen LogP contribution in [0.1, 0.15) is 37.2 Å². The van der Waals surface area contributed by atoms with Gasteiger partial charge in [0.2, 0.25) is 0 Å². The van der Waals surface area contributed by atoms with E-state index in [9.17, 15) is 0 Å². The normalized spacial score (nSPS) is 16.0. The molecule has 4 rings (SSSR count). The van der Waals surface area contributed by atoms with Gasteiger partial charge >= 0.3 is 0 Å². The molecule has 1 fully saturated rings. The number of benzene rings is 1. The van der Waals surface area contributed by atoms with Crippen molar-refractivity contribution in [1.29, 1.82) is 0 Å². The smallest absolute Gasteiger partial charge is 0.0531 e. The van der Waals surface area contributed by atoms with Crippen LogP contribution in [0.3, 0.4) is 0 Å². The largest absolute Gasteiger partial charge is 0.316 e. The van der Waals surface area contributed by atoms with Crippen molar-refractivity contribution in [2.24, 2.45) is 0 Å².